The van der Waals surface area contributed by atoms with Gasteiger partial charge in [-0.15, -0.1) is 0 Å². The fraction of sp³-hybridized carbons (Fsp3) is 0.611. The van der Waals surface area contributed by atoms with Crippen molar-refractivity contribution in [3.63, 3.8) is 0 Å². The van der Waals surface area contributed by atoms with Crippen molar-refractivity contribution in [2.45, 2.75) is 38.8 Å². The minimum absolute atomic E-state index is 0.106. The maximum absolute atomic E-state index is 12.3. The van der Waals surface area contributed by atoms with Crippen LogP contribution in [0.4, 0.5) is 0 Å². The largest absolute Gasteiger partial charge is 0.363 e. The van der Waals surface area contributed by atoms with Crippen molar-refractivity contribution in [2.75, 3.05) is 26.2 Å². The summed E-state index contributed by atoms with van der Waals surface area (Å²) in [5.41, 5.74) is 2.26. The van der Waals surface area contributed by atoms with E-state index in [0.717, 1.165) is 25.9 Å². The molecule has 1 unspecified atom stereocenters. The topological polar surface area (TPSA) is 41.6 Å². The van der Waals surface area contributed by atoms with E-state index in [0.29, 0.717) is 19.0 Å². The zero-order chi connectivity index (χ0) is 15.6. The van der Waals surface area contributed by atoms with Crippen molar-refractivity contribution in [1.29, 1.82) is 0 Å². The standard InChI is InChI=1S/C18H26N2O2/c1-14-5-3-4-6-15(14)11-20-13-18(2,22-12-17(20)21)16-7-9-19-10-8-16/h3-6,16,19H,7-13H2,1-2H3. The fourth-order valence-corrected chi connectivity index (χ4v) is 3.65. The molecule has 0 spiro atoms. The molecule has 1 atom stereocenters. The Balaban J connectivity index is 1.73. The number of carbonyl (C=O) groups is 1. The smallest absolute Gasteiger partial charge is 0.248 e. The molecule has 1 aromatic rings. The summed E-state index contributed by atoms with van der Waals surface area (Å²) >= 11 is 0. The molecule has 4 nitrogen and oxygen atoms in total. The molecule has 0 saturated carbocycles. The van der Waals surface area contributed by atoms with E-state index < -0.39 is 0 Å². The summed E-state index contributed by atoms with van der Waals surface area (Å²) in [5.74, 6) is 0.635. The zero-order valence-corrected chi connectivity index (χ0v) is 13.6. The fourth-order valence-electron chi connectivity index (χ4n) is 3.65. The summed E-state index contributed by atoms with van der Waals surface area (Å²) in [7, 11) is 0. The summed E-state index contributed by atoms with van der Waals surface area (Å²) in [5, 5.41) is 3.40. The van der Waals surface area contributed by atoms with Crippen molar-refractivity contribution in [3.8, 4) is 0 Å². The van der Waals surface area contributed by atoms with Crippen LogP contribution in [0.2, 0.25) is 0 Å². The monoisotopic (exact) mass is 302 g/mol. The number of hydrogen-bond donors (Lipinski definition) is 1. The van der Waals surface area contributed by atoms with Crippen LogP contribution in [0.3, 0.4) is 0 Å². The lowest BCUT2D eigenvalue weighted by Crippen LogP contribution is -2.57. The van der Waals surface area contributed by atoms with Crippen LogP contribution in [0.15, 0.2) is 24.3 Å². The molecular weight excluding hydrogens is 276 g/mol. The van der Waals surface area contributed by atoms with Crippen molar-refractivity contribution < 1.29 is 9.53 Å². The second-order valence-corrected chi connectivity index (χ2v) is 6.80. The minimum atomic E-state index is -0.210. The molecule has 4 heteroatoms. The van der Waals surface area contributed by atoms with Gasteiger partial charge in [-0.25, -0.2) is 0 Å². The zero-order valence-electron chi connectivity index (χ0n) is 13.6. The van der Waals surface area contributed by atoms with Crippen molar-refractivity contribution in [2.24, 2.45) is 5.92 Å². The highest BCUT2D eigenvalue weighted by atomic mass is 16.5. The van der Waals surface area contributed by atoms with Crippen LogP contribution in [0, 0.1) is 12.8 Å². The van der Waals surface area contributed by atoms with Crippen LogP contribution in [0.25, 0.3) is 0 Å². The second kappa shape index (κ2) is 6.39. The number of hydrogen-bond acceptors (Lipinski definition) is 3. The van der Waals surface area contributed by atoms with Crippen LogP contribution < -0.4 is 5.32 Å². The molecule has 3 rings (SSSR count). The molecule has 2 heterocycles. The lowest BCUT2D eigenvalue weighted by Gasteiger charge is -2.46. The van der Waals surface area contributed by atoms with E-state index in [9.17, 15) is 4.79 Å². The molecule has 2 fully saturated rings. The van der Waals surface area contributed by atoms with Crippen LogP contribution >= 0.6 is 0 Å². The normalized spacial score (nSPS) is 27.2. The van der Waals surface area contributed by atoms with E-state index in [1.807, 2.05) is 17.0 Å². The number of benzene rings is 1. The lowest BCUT2D eigenvalue weighted by atomic mass is 9.81. The molecule has 1 amide bonds. The highest BCUT2D eigenvalue weighted by molar-refractivity contribution is 5.78. The Bertz CT molecular complexity index is 540. The molecule has 0 bridgehead atoms. The van der Waals surface area contributed by atoms with Gasteiger partial charge in [0.25, 0.3) is 0 Å². The predicted molar refractivity (Wildman–Crippen MR) is 86.5 cm³/mol. The first-order valence-electron chi connectivity index (χ1n) is 8.25. The van der Waals surface area contributed by atoms with Crippen LogP contribution in [-0.4, -0.2) is 42.6 Å². The van der Waals surface area contributed by atoms with E-state index in [1.54, 1.807) is 0 Å². The SMILES string of the molecule is Cc1ccccc1CN1CC(C)(C2CCNCC2)OCC1=O. The number of ether oxygens (including phenoxy) is 1. The van der Waals surface area contributed by atoms with Gasteiger partial charge >= 0.3 is 0 Å². The second-order valence-electron chi connectivity index (χ2n) is 6.80. The summed E-state index contributed by atoms with van der Waals surface area (Å²) in [6.07, 6.45) is 2.26. The molecular formula is C18H26N2O2. The molecule has 120 valence electrons. The first kappa shape index (κ1) is 15.5. The number of morpholine rings is 1. The Morgan fingerprint density at radius 2 is 2.05 bits per heavy atom. The van der Waals surface area contributed by atoms with Gasteiger partial charge in [0.15, 0.2) is 0 Å². The number of nitrogens with zero attached hydrogens (tertiary/aromatic N) is 1. The quantitative estimate of drug-likeness (QED) is 0.930. The predicted octanol–water partition coefficient (Wildman–Crippen LogP) is 2.11. The van der Waals surface area contributed by atoms with E-state index in [2.05, 4.69) is 31.3 Å². The molecule has 22 heavy (non-hydrogen) atoms. The number of aryl methyl sites for hydroxylation is 1. The molecule has 2 aliphatic rings. The van der Waals surface area contributed by atoms with Crippen LogP contribution in [-0.2, 0) is 16.1 Å². The molecule has 1 N–H and O–H groups in total. The Morgan fingerprint density at radius 1 is 1.32 bits per heavy atom. The van der Waals surface area contributed by atoms with Crippen molar-refractivity contribution in [3.05, 3.63) is 35.4 Å². The molecule has 2 saturated heterocycles. The molecule has 2 aliphatic heterocycles. The van der Waals surface area contributed by atoms with Crippen molar-refractivity contribution >= 4 is 5.91 Å². The Morgan fingerprint density at radius 3 is 2.77 bits per heavy atom. The van der Waals surface area contributed by atoms with E-state index in [4.69, 9.17) is 4.74 Å². The highest BCUT2D eigenvalue weighted by Crippen LogP contribution is 2.33. The first-order valence-corrected chi connectivity index (χ1v) is 8.25. The van der Waals surface area contributed by atoms with Crippen LogP contribution in [0.1, 0.15) is 30.9 Å². The number of rotatable bonds is 3. The van der Waals surface area contributed by atoms with E-state index in [-0.39, 0.29) is 18.1 Å². The first-order chi connectivity index (χ1) is 10.6. The summed E-state index contributed by atoms with van der Waals surface area (Å²) in [4.78, 5) is 14.2. The third kappa shape index (κ3) is 3.18. The average Bonchev–Trinajstić information content (AvgIpc) is 2.54. The number of piperidine rings is 1. The number of nitrogens with one attached hydrogen (secondary N) is 1. The van der Waals surface area contributed by atoms with Crippen LogP contribution in [0.5, 0.6) is 0 Å². The highest BCUT2D eigenvalue weighted by Gasteiger charge is 2.42. The third-order valence-corrected chi connectivity index (χ3v) is 5.21. The van der Waals surface area contributed by atoms with Gasteiger partial charge < -0.3 is 15.0 Å². The van der Waals surface area contributed by atoms with Crippen molar-refractivity contribution in [1.82, 2.24) is 10.2 Å². The molecule has 1 aromatic carbocycles. The summed E-state index contributed by atoms with van der Waals surface area (Å²) < 4.78 is 6.00. The van der Waals surface area contributed by atoms with Gasteiger partial charge in [0, 0.05) is 6.54 Å². The number of carbonyl (C=O) groups excluding carboxylic acids is 1. The van der Waals surface area contributed by atoms with Gasteiger partial charge in [0.2, 0.25) is 5.91 Å². The summed E-state index contributed by atoms with van der Waals surface area (Å²) in [6.45, 7) is 7.99. The molecule has 0 aliphatic carbocycles. The molecule has 0 radical (unpaired) electrons. The van der Waals surface area contributed by atoms with Gasteiger partial charge in [0.1, 0.15) is 6.61 Å². The van der Waals surface area contributed by atoms with E-state index in [1.165, 1.54) is 11.1 Å². The van der Waals surface area contributed by atoms with Gasteiger partial charge in [-0.3, -0.25) is 4.79 Å². The van der Waals surface area contributed by atoms with Gasteiger partial charge in [-0.1, -0.05) is 24.3 Å². The Kier molecular flexibility index (Phi) is 4.50. The van der Waals surface area contributed by atoms with Gasteiger partial charge in [0.05, 0.1) is 12.1 Å². The average molecular weight is 302 g/mol. The van der Waals surface area contributed by atoms with Gasteiger partial charge in [-0.05, 0) is 56.8 Å². The van der Waals surface area contributed by atoms with E-state index >= 15 is 0 Å². The maximum atomic E-state index is 12.3. The minimum Gasteiger partial charge on any atom is -0.363 e. The molecule has 0 aromatic heterocycles. The maximum Gasteiger partial charge on any atom is 0.248 e. The summed E-state index contributed by atoms with van der Waals surface area (Å²) in [6, 6.07) is 8.30. The third-order valence-electron chi connectivity index (χ3n) is 5.21. The Labute approximate surface area is 132 Å². The Hall–Kier alpha value is -1.39. The number of amides is 1. The van der Waals surface area contributed by atoms with Gasteiger partial charge in [-0.2, -0.15) is 0 Å². The lowest BCUT2D eigenvalue weighted by molar-refractivity contribution is -0.172.